The molecule has 0 saturated carbocycles. The van der Waals surface area contributed by atoms with Crippen LogP contribution in [0.5, 0.6) is 0 Å². The van der Waals surface area contributed by atoms with Crippen molar-refractivity contribution in [3.63, 3.8) is 0 Å². The predicted molar refractivity (Wildman–Crippen MR) is 54.4 cm³/mol. The van der Waals surface area contributed by atoms with Crippen LogP contribution in [0.25, 0.3) is 0 Å². The summed E-state index contributed by atoms with van der Waals surface area (Å²) < 4.78 is 0. The van der Waals surface area contributed by atoms with Crippen molar-refractivity contribution >= 4 is 5.91 Å². The number of hydrogen-bond donors (Lipinski definition) is 0. The first-order valence-corrected chi connectivity index (χ1v) is 5.44. The van der Waals surface area contributed by atoms with Gasteiger partial charge in [0.25, 0.3) is 0 Å². The number of nitrogens with zero attached hydrogens (tertiary/aromatic N) is 1. The minimum absolute atomic E-state index is 0.213. The number of piperidine rings is 1. The molecule has 0 bridgehead atoms. The Morgan fingerprint density at radius 1 is 1.62 bits per heavy atom. The molecule has 1 aliphatic heterocycles. The highest BCUT2D eigenvalue weighted by atomic mass is 16.2. The lowest BCUT2D eigenvalue weighted by atomic mass is 9.98. The van der Waals surface area contributed by atoms with Crippen LogP contribution in [0.2, 0.25) is 0 Å². The molecule has 1 fully saturated rings. The van der Waals surface area contributed by atoms with Gasteiger partial charge in [-0.2, -0.15) is 0 Å². The fourth-order valence-corrected chi connectivity index (χ4v) is 1.88. The van der Waals surface area contributed by atoms with Gasteiger partial charge in [0.2, 0.25) is 5.91 Å². The van der Waals surface area contributed by atoms with Gasteiger partial charge >= 0.3 is 0 Å². The Morgan fingerprint density at radius 2 is 2.31 bits per heavy atom. The molecule has 0 aromatic rings. The van der Waals surface area contributed by atoms with E-state index in [9.17, 15) is 4.79 Å². The van der Waals surface area contributed by atoms with E-state index < -0.39 is 0 Å². The monoisotopic (exact) mass is 183 g/mol. The van der Waals surface area contributed by atoms with Gasteiger partial charge in [-0.05, 0) is 25.2 Å². The molecule has 2 atom stereocenters. The minimum atomic E-state index is 0.213. The smallest absolute Gasteiger partial charge is 0.225 e. The topological polar surface area (TPSA) is 20.3 Å². The van der Waals surface area contributed by atoms with Gasteiger partial charge in [0.15, 0.2) is 0 Å². The molecule has 1 heterocycles. The van der Waals surface area contributed by atoms with Gasteiger partial charge in [0.05, 0.1) is 0 Å². The summed E-state index contributed by atoms with van der Waals surface area (Å²) in [6.07, 6.45) is 3.43. The predicted octanol–water partition coefficient (Wildman–Crippen LogP) is 2.29. The second-order valence-corrected chi connectivity index (χ2v) is 4.34. The standard InChI is InChI=1S/C11H21NO/c1-4-10(3)11(13)12-7-5-6-9(2)8-12/h9-10H,4-8H2,1-3H3/t9-,10?/m0/s1. The number of carbonyl (C=O) groups excluding carboxylic acids is 1. The van der Waals surface area contributed by atoms with E-state index in [4.69, 9.17) is 0 Å². The second-order valence-electron chi connectivity index (χ2n) is 4.34. The molecule has 1 unspecified atom stereocenters. The quantitative estimate of drug-likeness (QED) is 0.643. The van der Waals surface area contributed by atoms with Crippen molar-refractivity contribution < 1.29 is 4.79 Å². The Bertz CT molecular complexity index is 179. The zero-order chi connectivity index (χ0) is 9.84. The molecule has 0 aliphatic carbocycles. The summed E-state index contributed by atoms with van der Waals surface area (Å²) in [7, 11) is 0. The highest BCUT2D eigenvalue weighted by molar-refractivity contribution is 5.78. The molecule has 1 amide bonds. The van der Waals surface area contributed by atoms with Crippen LogP contribution in [0.15, 0.2) is 0 Å². The van der Waals surface area contributed by atoms with Gasteiger partial charge in [-0.1, -0.05) is 20.8 Å². The summed E-state index contributed by atoms with van der Waals surface area (Å²) in [6, 6.07) is 0. The summed E-state index contributed by atoms with van der Waals surface area (Å²) in [6.45, 7) is 8.30. The van der Waals surface area contributed by atoms with E-state index in [1.54, 1.807) is 0 Å². The van der Waals surface area contributed by atoms with Crippen LogP contribution in [0.4, 0.5) is 0 Å². The maximum Gasteiger partial charge on any atom is 0.225 e. The number of hydrogen-bond acceptors (Lipinski definition) is 1. The van der Waals surface area contributed by atoms with Gasteiger partial charge in [-0.25, -0.2) is 0 Å². The summed E-state index contributed by atoms with van der Waals surface area (Å²) in [4.78, 5) is 13.8. The highest BCUT2D eigenvalue weighted by Gasteiger charge is 2.23. The van der Waals surface area contributed by atoms with Crippen molar-refractivity contribution in [3.05, 3.63) is 0 Å². The molecule has 1 saturated heterocycles. The molecule has 1 rings (SSSR count). The minimum Gasteiger partial charge on any atom is -0.342 e. The van der Waals surface area contributed by atoms with Crippen molar-refractivity contribution in [1.29, 1.82) is 0 Å². The first-order valence-electron chi connectivity index (χ1n) is 5.44. The maximum atomic E-state index is 11.8. The van der Waals surface area contributed by atoms with E-state index in [0.29, 0.717) is 11.8 Å². The molecule has 0 aromatic heterocycles. The molecule has 1 aliphatic rings. The second kappa shape index (κ2) is 4.64. The Kier molecular flexibility index (Phi) is 3.76. The van der Waals surface area contributed by atoms with Crippen LogP contribution in [0.1, 0.15) is 40.0 Å². The number of likely N-dealkylation sites (tertiary alicyclic amines) is 1. The lowest BCUT2D eigenvalue weighted by Gasteiger charge is -2.32. The molecule has 2 heteroatoms. The number of amides is 1. The molecule has 76 valence electrons. The van der Waals surface area contributed by atoms with E-state index in [1.807, 2.05) is 11.8 Å². The number of rotatable bonds is 2. The lowest BCUT2D eigenvalue weighted by Crippen LogP contribution is -2.41. The van der Waals surface area contributed by atoms with Gasteiger partial charge in [0.1, 0.15) is 0 Å². The van der Waals surface area contributed by atoms with Crippen LogP contribution in [0, 0.1) is 11.8 Å². The van der Waals surface area contributed by atoms with Crippen LogP contribution in [-0.4, -0.2) is 23.9 Å². The zero-order valence-electron chi connectivity index (χ0n) is 9.05. The van der Waals surface area contributed by atoms with E-state index >= 15 is 0 Å². The highest BCUT2D eigenvalue weighted by Crippen LogP contribution is 2.18. The van der Waals surface area contributed by atoms with E-state index in [1.165, 1.54) is 12.8 Å². The fourth-order valence-electron chi connectivity index (χ4n) is 1.88. The Labute approximate surface area is 81.3 Å². The summed E-state index contributed by atoms with van der Waals surface area (Å²) >= 11 is 0. The Balaban J connectivity index is 2.46. The van der Waals surface area contributed by atoms with E-state index in [2.05, 4.69) is 13.8 Å². The zero-order valence-corrected chi connectivity index (χ0v) is 9.05. The van der Waals surface area contributed by atoms with Crippen molar-refractivity contribution in [1.82, 2.24) is 4.90 Å². The van der Waals surface area contributed by atoms with Crippen molar-refractivity contribution in [3.8, 4) is 0 Å². The van der Waals surface area contributed by atoms with Gasteiger partial charge in [-0.15, -0.1) is 0 Å². The molecular formula is C11H21NO. The summed E-state index contributed by atoms with van der Waals surface area (Å²) in [5, 5.41) is 0. The lowest BCUT2D eigenvalue weighted by molar-refractivity contribution is -0.136. The first-order chi connectivity index (χ1) is 6.15. The fraction of sp³-hybridized carbons (Fsp3) is 0.909. The normalized spacial score (nSPS) is 25.8. The third-order valence-electron chi connectivity index (χ3n) is 3.00. The number of carbonyl (C=O) groups is 1. The van der Waals surface area contributed by atoms with E-state index in [0.717, 1.165) is 19.5 Å². The molecular weight excluding hydrogens is 162 g/mol. The maximum absolute atomic E-state index is 11.8. The van der Waals surface area contributed by atoms with Crippen molar-refractivity contribution in [2.45, 2.75) is 40.0 Å². The largest absolute Gasteiger partial charge is 0.342 e. The van der Waals surface area contributed by atoms with Crippen molar-refractivity contribution in [2.24, 2.45) is 11.8 Å². The van der Waals surface area contributed by atoms with E-state index in [-0.39, 0.29) is 5.92 Å². The van der Waals surface area contributed by atoms with Crippen LogP contribution >= 0.6 is 0 Å². The van der Waals surface area contributed by atoms with Crippen LogP contribution in [-0.2, 0) is 4.79 Å². The molecule has 0 N–H and O–H groups in total. The van der Waals surface area contributed by atoms with Gasteiger partial charge in [0, 0.05) is 19.0 Å². The molecule has 2 nitrogen and oxygen atoms in total. The van der Waals surface area contributed by atoms with Crippen molar-refractivity contribution in [2.75, 3.05) is 13.1 Å². The molecule has 0 aromatic carbocycles. The Morgan fingerprint density at radius 3 is 2.85 bits per heavy atom. The van der Waals surface area contributed by atoms with Gasteiger partial charge < -0.3 is 4.90 Å². The molecule has 0 radical (unpaired) electrons. The van der Waals surface area contributed by atoms with Crippen LogP contribution in [0.3, 0.4) is 0 Å². The van der Waals surface area contributed by atoms with Crippen LogP contribution < -0.4 is 0 Å². The SMILES string of the molecule is CCC(C)C(=O)N1CCC[C@H](C)C1. The third-order valence-corrected chi connectivity index (χ3v) is 3.00. The average Bonchev–Trinajstić information content (AvgIpc) is 2.15. The van der Waals surface area contributed by atoms with Gasteiger partial charge in [-0.3, -0.25) is 4.79 Å². The molecule has 13 heavy (non-hydrogen) atoms. The Hall–Kier alpha value is -0.530. The third kappa shape index (κ3) is 2.71. The summed E-state index contributed by atoms with van der Waals surface area (Å²) in [5.74, 6) is 1.26. The first kappa shape index (κ1) is 10.6. The average molecular weight is 183 g/mol. The molecule has 0 spiro atoms. The summed E-state index contributed by atoms with van der Waals surface area (Å²) in [5.41, 5.74) is 0.